The zero-order chi connectivity index (χ0) is 16.6. The van der Waals surface area contributed by atoms with E-state index in [1.54, 1.807) is 4.68 Å². The highest BCUT2D eigenvalue weighted by Gasteiger charge is 2.14. The van der Waals surface area contributed by atoms with E-state index in [-0.39, 0.29) is 5.75 Å². The van der Waals surface area contributed by atoms with Crippen LogP contribution in [0.3, 0.4) is 0 Å². The molecule has 0 atom stereocenters. The van der Waals surface area contributed by atoms with E-state index >= 15 is 0 Å². The number of aromatic nitrogens is 4. The van der Waals surface area contributed by atoms with Crippen molar-refractivity contribution in [1.29, 1.82) is 0 Å². The fourth-order valence-electron chi connectivity index (χ4n) is 2.74. The SMILES string of the molecule is Cc1nn(CCS(C)(=O)=O)c(C)c1Cn1cnc2ccccc21. The molecule has 1 aromatic carbocycles. The molecule has 0 radical (unpaired) electrons. The first-order valence-corrected chi connectivity index (χ1v) is 9.51. The van der Waals surface area contributed by atoms with Crippen LogP contribution in [0.2, 0.25) is 0 Å². The fraction of sp³-hybridized carbons (Fsp3) is 0.375. The van der Waals surface area contributed by atoms with Crippen molar-refractivity contribution in [2.24, 2.45) is 0 Å². The minimum atomic E-state index is -3.00. The average molecular weight is 332 g/mol. The molecule has 0 unspecified atom stereocenters. The Bertz CT molecular complexity index is 954. The largest absolute Gasteiger partial charge is 0.326 e. The lowest BCUT2D eigenvalue weighted by molar-refractivity contribution is 0.581. The third kappa shape index (κ3) is 3.29. The highest BCUT2D eigenvalue weighted by atomic mass is 32.2. The molecule has 122 valence electrons. The van der Waals surface area contributed by atoms with Crippen molar-refractivity contribution in [3.05, 3.63) is 47.5 Å². The lowest BCUT2D eigenvalue weighted by atomic mass is 10.2. The summed E-state index contributed by atoms with van der Waals surface area (Å²) in [4.78, 5) is 4.41. The molecule has 2 aromatic heterocycles. The number of nitrogens with zero attached hydrogens (tertiary/aromatic N) is 4. The van der Waals surface area contributed by atoms with Gasteiger partial charge in [0.2, 0.25) is 0 Å². The summed E-state index contributed by atoms with van der Waals surface area (Å²) in [6.45, 7) is 5.00. The van der Waals surface area contributed by atoms with E-state index in [1.165, 1.54) is 6.26 Å². The smallest absolute Gasteiger partial charge is 0.149 e. The van der Waals surface area contributed by atoms with Gasteiger partial charge in [0.15, 0.2) is 0 Å². The molecule has 23 heavy (non-hydrogen) atoms. The van der Waals surface area contributed by atoms with Gasteiger partial charge in [-0.15, -0.1) is 0 Å². The monoisotopic (exact) mass is 332 g/mol. The molecule has 0 saturated carbocycles. The van der Waals surface area contributed by atoms with E-state index in [1.807, 2.05) is 44.4 Å². The normalized spacial score (nSPS) is 12.1. The van der Waals surface area contributed by atoms with Crippen molar-refractivity contribution in [3.63, 3.8) is 0 Å². The molecule has 2 heterocycles. The quantitative estimate of drug-likeness (QED) is 0.716. The van der Waals surface area contributed by atoms with Crippen molar-refractivity contribution in [2.45, 2.75) is 26.9 Å². The van der Waals surface area contributed by atoms with Crippen LogP contribution in [0.15, 0.2) is 30.6 Å². The van der Waals surface area contributed by atoms with Crippen LogP contribution in [0.4, 0.5) is 0 Å². The summed E-state index contributed by atoms with van der Waals surface area (Å²) in [6.07, 6.45) is 3.08. The van der Waals surface area contributed by atoms with E-state index in [0.717, 1.165) is 28.0 Å². The Hall–Kier alpha value is -2.15. The van der Waals surface area contributed by atoms with Gasteiger partial charge in [0.05, 0.1) is 41.9 Å². The first-order valence-electron chi connectivity index (χ1n) is 7.45. The summed E-state index contributed by atoms with van der Waals surface area (Å²) in [5.41, 5.74) is 5.09. The average Bonchev–Trinajstić information content (AvgIpc) is 3.01. The Balaban J connectivity index is 1.90. The minimum Gasteiger partial charge on any atom is -0.326 e. The van der Waals surface area contributed by atoms with Crippen LogP contribution < -0.4 is 0 Å². The van der Waals surface area contributed by atoms with Crippen LogP contribution in [-0.2, 0) is 22.9 Å². The molecule has 0 amide bonds. The van der Waals surface area contributed by atoms with Crippen LogP contribution in [0, 0.1) is 13.8 Å². The molecule has 7 heteroatoms. The summed E-state index contributed by atoms with van der Waals surface area (Å²) < 4.78 is 26.6. The predicted octanol–water partition coefficient (Wildman–Crippen LogP) is 1.94. The second kappa shape index (κ2) is 5.81. The fourth-order valence-corrected chi connectivity index (χ4v) is 3.24. The van der Waals surface area contributed by atoms with Crippen LogP contribution in [0.5, 0.6) is 0 Å². The number of sulfone groups is 1. The Kier molecular flexibility index (Phi) is 3.97. The Morgan fingerprint density at radius 1 is 1.17 bits per heavy atom. The summed E-state index contributed by atoms with van der Waals surface area (Å²) in [5, 5.41) is 4.49. The van der Waals surface area contributed by atoms with Gasteiger partial charge in [0.25, 0.3) is 0 Å². The zero-order valence-corrected chi connectivity index (χ0v) is 14.3. The summed E-state index contributed by atoms with van der Waals surface area (Å²) >= 11 is 0. The first-order chi connectivity index (χ1) is 10.8. The van der Waals surface area contributed by atoms with Crippen molar-refractivity contribution in [2.75, 3.05) is 12.0 Å². The molecule has 3 rings (SSSR count). The number of hydrogen-bond acceptors (Lipinski definition) is 4. The third-order valence-electron chi connectivity index (χ3n) is 4.06. The van der Waals surface area contributed by atoms with Crippen molar-refractivity contribution < 1.29 is 8.42 Å². The number of fused-ring (bicyclic) bond motifs is 1. The van der Waals surface area contributed by atoms with Crippen LogP contribution in [-0.4, -0.2) is 39.8 Å². The van der Waals surface area contributed by atoms with Gasteiger partial charge < -0.3 is 4.57 Å². The molecule has 0 saturated heterocycles. The lowest BCUT2D eigenvalue weighted by Gasteiger charge is -2.07. The van der Waals surface area contributed by atoms with Gasteiger partial charge >= 0.3 is 0 Å². The van der Waals surface area contributed by atoms with Gasteiger partial charge in [0, 0.05) is 17.5 Å². The summed E-state index contributed by atoms with van der Waals surface area (Å²) in [5.74, 6) is 0.0996. The highest BCUT2D eigenvalue weighted by molar-refractivity contribution is 7.90. The van der Waals surface area contributed by atoms with Gasteiger partial charge in [-0.05, 0) is 26.0 Å². The lowest BCUT2D eigenvalue weighted by Crippen LogP contribution is -2.13. The molecule has 0 bridgehead atoms. The number of para-hydroxylation sites is 2. The van der Waals surface area contributed by atoms with E-state index in [9.17, 15) is 8.42 Å². The highest BCUT2D eigenvalue weighted by Crippen LogP contribution is 2.18. The van der Waals surface area contributed by atoms with E-state index in [4.69, 9.17) is 0 Å². The van der Waals surface area contributed by atoms with Gasteiger partial charge in [0.1, 0.15) is 9.84 Å². The number of imidazole rings is 1. The summed E-state index contributed by atoms with van der Waals surface area (Å²) in [7, 11) is -3.00. The van der Waals surface area contributed by atoms with Gasteiger partial charge in [-0.25, -0.2) is 13.4 Å². The van der Waals surface area contributed by atoms with Crippen LogP contribution in [0.1, 0.15) is 17.0 Å². The van der Waals surface area contributed by atoms with Crippen molar-refractivity contribution >= 4 is 20.9 Å². The zero-order valence-electron chi connectivity index (χ0n) is 13.5. The molecular formula is C16H20N4O2S. The molecule has 3 aromatic rings. The maximum absolute atomic E-state index is 11.4. The molecule has 0 spiro atoms. The maximum Gasteiger partial charge on any atom is 0.149 e. The maximum atomic E-state index is 11.4. The molecule has 0 aliphatic heterocycles. The van der Waals surface area contributed by atoms with Crippen LogP contribution in [0.25, 0.3) is 11.0 Å². The van der Waals surface area contributed by atoms with Gasteiger partial charge in [-0.2, -0.15) is 5.10 Å². The Morgan fingerprint density at radius 3 is 2.65 bits per heavy atom. The standard InChI is InChI=1S/C16H20N4O2S/c1-12-14(13(2)20(18-12)8-9-23(3,21)22)10-19-11-17-15-6-4-5-7-16(15)19/h4-7,11H,8-10H2,1-3H3. The van der Waals surface area contributed by atoms with Crippen LogP contribution >= 0.6 is 0 Å². The Morgan fingerprint density at radius 2 is 1.91 bits per heavy atom. The third-order valence-corrected chi connectivity index (χ3v) is 4.99. The molecule has 0 fully saturated rings. The van der Waals surface area contributed by atoms with Crippen molar-refractivity contribution in [1.82, 2.24) is 19.3 Å². The minimum absolute atomic E-state index is 0.0996. The number of aryl methyl sites for hydroxylation is 2. The molecule has 0 aliphatic carbocycles. The molecule has 0 N–H and O–H groups in total. The van der Waals surface area contributed by atoms with Gasteiger partial charge in [-0.1, -0.05) is 12.1 Å². The van der Waals surface area contributed by atoms with E-state index in [0.29, 0.717) is 13.1 Å². The predicted molar refractivity (Wildman–Crippen MR) is 90.2 cm³/mol. The number of hydrogen-bond donors (Lipinski definition) is 0. The van der Waals surface area contributed by atoms with Gasteiger partial charge in [-0.3, -0.25) is 4.68 Å². The second-order valence-electron chi connectivity index (χ2n) is 5.86. The molecule has 6 nitrogen and oxygen atoms in total. The van der Waals surface area contributed by atoms with E-state index < -0.39 is 9.84 Å². The Labute approximate surface area is 135 Å². The second-order valence-corrected chi connectivity index (χ2v) is 8.12. The first kappa shape index (κ1) is 15.7. The summed E-state index contributed by atoms with van der Waals surface area (Å²) in [6, 6.07) is 8.00. The van der Waals surface area contributed by atoms with E-state index in [2.05, 4.69) is 14.6 Å². The van der Waals surface area contributed by atoms with Crippen molar-refractivity contribution in [3.8, 4) is 0 Å². The molecule has 0 aliphatic rings. The number of benzene rings is 1. The number of rotatable bonds is 5. The topological polar surface area (TPSA) is 69.8 Å². The molecular weight excluding hydrogens is 312 g/mol.